The molecule has 2 aromatic heterocycles. The van der Waals surface area contributed by atoms with Crippen LogP contribution in [-0.2, 0) is 4.79 Å². The van der Waals surface area contributed by atoms with Gasteiger partial charge in [0.15, 0.2) is 5.82 Å². The highest BCUT2D eigenvalue weighted by Gasteiger charge is 2.22. The quantitative estimate of drug-likeness (QED) is 0.493. The van der Waals surface area contributed by atoms with Gasteiger partial charge in [0.2, 0.25) is 5.91 Å². The third kappa shape index (κ3) is 5.15. The summed E-state index contributed by atoms with van der Waals surface area (Å²) in [5.41, 5.74) is 3.07. The van der Waals surface area contributed by atoms with E-state index in [4.69, 9.17) is 0 Å². The van der Waals surface area contributed by atoms with Crippen molar-refractivity contribution in [2.45, 2.75) is 13.8 Å². The van der Waals surface area contributed by atoms with E-state index in [1.54, 1.807) is 13.1 Å². The summed E-state index contributed by atoms with van der Waals surface area (Å²) >= 11 is 0. The van der Waals surface area contributed by atoms with Gasteiger partial charge in [0, 0.05) is 65.3 Å². The van der Waals surface area contributed by atoms with Crippen molar-refractivity contribution in [1.29, 1.82) is 0 Å². The van der Waals surface area contributed by atoms with Crippen molar-refractivity contribution < 1.29 is 9.59 Å². The Kier molecular flexibility index (Phi) is 6.81. The van der Waals surface area contributed by atoms with Gasteiger partial charge in [-0.25, -0.2) is 15.0 Å². The van der Waals surface area contributed by atoms with Crippen molar-refractivity contribution >= 4 is 29.0 Å². The molecule has 2 fully saturated rings. The van der Waals surface area contributed by atoms with E-state index >= 15 is 0 Å². The zero-order chi connectivity index (χ0) is 25.1. The second kappa shape index (κ2) is 10.3. The average Bonchev–Trinajstić information content (AvgIpc) is 3.40. The maximum absolute atomic E-state index is 13.1. The first-order chi connectivity index (χ1) is 17.5. The van der Waals surface area contributed by atoms with E-state index in [1.165, 1.54) is 0 Å². The highest BCUT2D eigenvalue weighted by molar-refractivity contribution is 6.03. The minimum Gasteiger partial charge on any atom is -0.367 e. The molecule has 2 amide bonds. The molecule has 0 unspecified atom stereocenters. The van der Waals surface area contributed by atoms with Crippen LogP contribution >= 0.6 is 0 Å². The average molecular weight is 490 g/mol. The Morgan fingerprint density at radius 2 is 1.72 bits per heavy atom. The smallest absolute Gasteiger partial charge is 0.291 e. The molecule has 3 aromatic rings. The number of nitrogens with zero attached hydrogens (tertiary/aromatic N) is 6. The second-order valence-corrected chi connectivity index (χ2v) is 9.01. The monoisotopic (exact) mass is 489 g/mol. The molecule has 2 aliphatic rings. The number of imidazole rings is 1. The lowest BCUT2D eigenvalue weighted by Crippen LogP contribution is -2.48. The molecule has 0 spiro atoms. The number of amides is 2. The molecule has 188 valence electrons. The number of carbonyl (C=O) groups excluding carboxylic acids is 2. The molecule has 2 saturated heterocycles. The van der Waals surface area contributed by atoms with E-state index in [-0.39, 0.29) is 17.6 Å². The Bertz CT molecular complexity index is 1240. The number of nitrogens with one attached hydrogen (secondary N) is 3. The van der Waals surface area contributed by atoms with Gasteiger partial charge < -0.3 is 30.3 Å². The van der Waals surface area contributed by atoms with Gasteiger partial charge in [-0.2, -0.15) is 0 Å². The summed E-state index contributed by atoms with van der Waals surface area (Å²) in [6.07, 6.45) is 1.62. The molecular formula is C25H31N9O2. The van der Waals surface area contributed by atoms with Crippen molar-refractivity contribution in [3.8, 4) is 11.4 Å². The molecule has 4 heterocycles. The molecule has 5 rings (SSSR count). The highest BCUT2D eigenvalue weighted by Crippen LogP contribution is 2.27. The first kappa shape index (κ1) is 23.7. The molecule has 1 aromatic carbocycles. The summed E-state index contributed by atoms with van der Waals surface area (Å²) in [5.74, 6) is 1.42. The van der Waals surface area contributed by atoms with Crippen LogP contribution in [0.5, 0.6) is 0 Å². The number of hydrogen-bond acceptors (Lipinski definition) is 8. The number of aromatic nitrogens is 4. The molecule has 0 radical (unpaired) electrons. The molecule has 3 N–H and O–H groups in total. The number of rotatable bonds is 5. The number of aromatic amines is 1. The van der Waals surface area contributed by atoms with Gasteiger partial charge in [0.1, 0.15) is 11.6 Å². The Morgan fingerprint density at radius 1 is 0.972 bits per heavy atom. The van der Waals surface area contributed by atoms with Gasteiger partial charge in [-0.3, -0.25) is 9.59 Å². The Hall–Kier alpha value is -3.99. The number of benzene rings is 1. The fourth-order valence-corrected chi connectivity index (χ4v) is 4.61. The number of carbonyl (C=O) groups is 2. The second-order valence-electron chi connectivity index (χ2n) is 9.01. The van der Waals surface area contributed by atoms with E-state index in [9.17, 15) is 9.59 Å². The maximum atomic E-state index is 13.1. The fraction of sp³-hybridized carbons (Fsp3) is 0.400. The van der Waals surface area contributed by atoms with Crippen LogP contribution in [0.15, 0.2) is 36.5 Å². The van der Waals surface area contributed by atoms with Crippen molar-refractivity contribution in [3.63, 3.8) is 0 Å². The highest BCUT2D eigenvalue weighted by atomic mass is 16.2. The standard InChI is InChI=1S/C25H31N9O2/c1-17-28-20(15-23(29-17)34-13-11-32(12-14-34)18(2)35)21-16-27-24(30-21)25(36)31-19-5-3-4-6-22(19)33-9-7-26-8-10-33/h3-6,15-16,26H,7-14H2,1-2H3,(H,27,30)(H,31,36). The van der Waals surface area contributed by atoms with E-state index in [0.29, 0.717) is 43.4 Å². The molecule has 36 heavy (non-hydrogen) atoms. The molecule has 0 bridgehead atoms. The van der Waals surface area contributed by atoms with Crippen LogP contribution < -0.4 is 20.4 Å². The number of piperazine rings is 2. The largest absolute Gasteiger partial charge is 0.367 e. The maximum Gasteiger partial charge on any atom is 0.291 e. The molecule has 0 saturated carbocycles. The fourth-order valence-electron chi connectivity index (χ4n) is 4.61. The van der Waals surface area contributed by atoms with Crippen LogP contribution in [0.4, 0.5) is 17.2 Å². The Balaban J connectivity index is 1.31. The lowest BCUT2D eigenvalue weighted by Gasteiger charge is -2.35. The number of hydrogen-bond donors (Lipinski definition) is 3. The van der Waals surface area contributed by atoms with Crippen LogP contribution in [0.3, 0.4) is 0 Å². The molecule has 11 nitrogen and oxygen atoms in total. The zero-order valence-corrected chi connectivity index (χ0v) is 20.6. The zero-order valence-electron chi connectivity index (χ0n) is 20.6. The summed E-state index contributed by atoms with van der Waals surface area (Å²) in [6.45, 7) is 9.78. The minimum absolute atomic E-state index is 0.0908. The minimum atomic E-state index is -0.310. The van der Waals surface area contributed by atoms with Gasteiger partial charge in [-0.05, 0) is 19.1 Å². The summed E-state index contributed by atoms with van der Waals surface area (Å²) in [7, 11) is 0. The lowest BCUT2D eigenvalue weighted by molar-refractivity contribution is -0.129. The van der Waals surface area contributed by atoms with E-state index < -0.39 is 0 Å². The van der Waals surface area contributed by atoms with Gasteiger partial charge >= 0.3 is 0 Å². The van der Waals surface area contributed by atoms with Crippen LogP contribution in [-0.4, -0.2) is 89.0 Å². The summed E-state index contributed by atoms with van der Waals surface area (Å²) in [5, 5.41) is 6.36. The van der Waals surface area contributed by atoms with Crippen LogP contribution in [0.25, 0.3) is 11.4 Å². The summed E-state index contributed by atoms with van der Waals surface area (Å²) in [6, 6.07) is 9.72. The van der Waals surface area contributed by atoms with E-state index in [2.05, 4.69) is 40.4 Å². The third-order valence-electron chi connectivity index (χ3n) is 6.55. The van der Waals surface area contributed by atoms with Crippen LogP contribution in [0.1, 0.15) is 23.4 Å². The summed E-state index contributed by atoms with van der Waals surface area (Å²) < 4.78 is 0. The van der Waals surface area contributed by atoms with Crippen LogP contribution in [0, 0.1) is 6.92 Å². The van der Waals surface area contributed by atoms with Gasteiger partial charge in [0.05, 0.1) is 29.0 Å². The predicted molar refractivity (Wildman–Crippen MR) is 138 cm³/mol. The molecular weight excluding hydrogens is 458 g/mol. The first-order valence-electron chi connectivity index (χ1n) is 12.3. The Labute approximate surface area is 209 Å². The topological polar surface area (TPSA) is 122 Å². The van der Waals surface area contributed by atoms with Gasteiger partial charge in [0.25, 0.3) is 5.91 Å². The van der Waals surface area contributed by atoms with Crippen molar-refractivity contribution in [3.05, 3.63) is 48.2 Å². The van der Waals surface area contributed by atoms with E-state index in [0.717, 1.165) is 43.4 Å². The molecule has 11 heteroatoms. The number of aryl methyl sites for hydroxylation is 1. The Morgan fingerprint density at radius 3 is 2.47 bits per heavy atom. The molecule has 2 aliphatic heterocycles. The van der Waals surface area contributed by atoms with E-state index in [1.807, 2.05) is 42.2 Å². The number of para-hydroxylation sites is 2. The molecule has 0 atom stereocenters. The first-order valence-corrected chi connectivity index (χ1v) is 12.3. The number of anilines is 3. The predicted octanol–water partition coefficient (Wildman–Crippen LogP) is 1.51. The van der Waals surface area contributed by atoms with Gasteiger partial charge in [-0.15, -0.1) is 0 Å². The number of H-pyrrole nitrogens is 1. The van der Waals surface area contributed by atoms with Crippen molar-refractivity contribution in [1.82, 2.24) is 30.2 Å². The van der Waals surface area contributed by atoms with Crippen molar-refractivity contribution in [2.24, 2.45) is 0 Å². The normalized spacial score (nSPS) is 16.2. The van der Waals surface area contributed by atoms with Gasteiger partial charge in [-0.1, -0.05) is 12.1 Å². The SMILES string of the molecule is CC(=O)N1CCN(c2cc(-c3cnc(C(=O)Nc4ccccc4N4CCNCC4)[nH]3)nc(C)n2)CC1. The van der Waals surface area contributed by atoms with Crippen molar-refractivity contribution in [2.75, 3.05) is 67.5 Å². The lowest BCUT2D eigenvalue weighted by atomic mass is 10.2. The molecule has 0 aliphatic carbocycles. The van der Waals surface area contributed by atoms with Crippen LogP contribution in [0.2, 0.25) is 0 Å². The third-order valence-corrected chi connectivity index (χ3v) is 6.55. The summed E-state index contributed by atoms with van der Waals surface area (Å²) in [4.78, 5) is 47.5.